The Morgan fingerprint density at radius 1 is 1.16 bits per heavy atom. The van der Waals surface area contributed by atoms with Gasteiger partial charge in [0.1, 0.15) is 0 Å². The maximum absolute atomic E-state index is 13.4. The molecule has 2 amide bonds. The summed E-state index contributed by atoms with van der Waals surface area (Å²) in [4.78, 5) is 24.4. The largest absolute Gasteiger partial charge is 0.359 e. The molecule has 0 saturated heterocycles. The van der Waals surface area contributed by atoms with E-state index in [4.69, 9.17) is 0 Å². The standard InChI is InChI=1S/C18H26N2O4S/c1-13-6-7-14(2)15(12-13)25(23,24)18(9-4-5-10-18)17(22)20-11-8-16(21)19-3/h6-7,12H,4-5,8-11H2,1-3H3,(H,19,21)(H,20,22). The van der Waals surface area contributed by atoms with Crippen LogP contribution in [-0.2, 0) is 19.4 Å². The Balaban J connectivity index is 2.33. The number of rotatable bonds is 6. The molecule has 2 N–H and O–H groups in total. The zero-order valence-electron chi connectivity index (χ0n) is 15.0. The summed E-state index contributed by atoms with van der Waals surface area (Å²) in [5.41, 5.74) is 1.49. The Hall–Kier alpha value is -1.89. The van der Waals surface area contributed by atoms with Crippen LogP contribution in [0.2, 0.25) is 0 Å². The molecule has 0 bridgehead atoms. The van der Waals surface area contributed by atoms with Crippen LogP contribution >= 0.6 is 0 Å². The van der Waals surface area contributed by atoms with Gasteiger partial charge in [0, 0.05) is 20.0 Å². The number of carbonyl (C=O) groups is 2. The van der Waals surface area contributed by atoms with Crippen LogP contribution in [0.5, 0.6) is 0 Å². The molecule has 138 valence electrons. The van der Waals surface area contributed by atoms with Gasteiger partial charge in [0.15, 0.2) is 14.6 Å². The molecule has 6 nitrogen and oxygen atoms in total. The average molecular weight is 366 g/mol. The molecule has 7 heteroatoms. The van der Waals surface area contributed by atoms with Crippen LogP contribution in [-0.4, -0.2) is 38.6 Å². The van der Waals surface area contributed by atoms with E-state index in [9.17, 15) is 18.0 Å². The van der Waals surface area contributed by atoms with Gasteiger partial charge in [-0.3, -0.25) is 9.59 Å². The topological polar surface area (TPSA) is 92.3 Å². The van der Waals surface area contributed by atoms with E-state index in [0.717, 1.165) is 5.56 Å². The van der Waals surface area contributed by atoms with Crippen molar-refractivity contribution in [2.75, 3.05) is 13.6 Å². The zero-order valence-corrected chi connectivity index (χ0v) is 15.8. The molecule has 1 aromatic carbocycles. The lowest BCUT2D eigenvalue weighted by atomic mass is 10.1. The van der Waals surface area contributed by atoms with Crippen LogP contribution < -0.4 is 10.6 Å². The minimum Gasteiger partial charge on any atom is -0.359 e. The van der Waals surface area contributed by atoms with Gasteiger partial charge in [-0.2, -0.15) is 0 Å². The van der Waals surface area contributed by atoms with Gasteiger partial charge in [0.25, 0.3) is 0 Å². The van der Waals surface area contributed by atoms with Crippen molar-refractivity contribution in [3.63, 3.8) is 0 Å². The van der Waals surface area contributed by atoms with E-state index in [-0.39, 0.29) is 23.8 Å². The van der Waals surface area contributed by atoms with E-state index in [2.05, 4.69) is 10.6 Å². The molecule has 0 atom stereocenters. The summed E-state index contributed by atoms with van der Waals surface area (Å²) in [5, 5.41) is 5.14. The SMILES string of the molecule is CNC(=O)CCNC(=O)C1(S(=O)(=O)c2cc(C)ccc2C)CCCC1. The van der Waals surface area contributed by atoms with Crippen molar-refractivity contribution in [3.8, 4) is 0 Å². The van der Waals surface area contributed by atoms with Gasteiger partial charge < -0.3 is 10.6 Å². The molecule has 0 aromatic heterocycles. The van der Waals surface area contributed by atoms with Crippen LogP contribution in [0.25, 0.3) is 0 Å². The Bertz CT molecular complexity index is 765. The number of hydrogen-bond acceptors (Lipinski definition) is 4. The molecule has 1 aliphatic rings. The van der Waals surface area contributed by atoms with Crippen molar-refractivity contribution in [2.45, 2.75) is 55.6 Å². The first-order chi connectivity index (χ1) is 11.7. The summed E-state index contributed by atoms with van der Waals surface area (Å²) >= 11 is 0. The van der Waals surface area contributed by atoms with Crippen molar-refractivity contribution in [1.29, 1.82) is 0 Å². The molecule has 1 aliphatic carbocycles. The minimum absolute atomic E-state index is 0.127. The second kappa shape index (κ2) is 7.56. The number of sulfone groups is 1. The monoisotopic (exact) mass is 366 g/mol. The summed E-state index contributed by atoms with van der Waals surface area (Å²) < 4.78 is 25.3. The molecule has 1 saturated carbocycles. The van der Waals surface area contributed by atoms with Gasteiger partial charge in [0.2, 0.25) is 11.8 Å². The number of hydrogen-bond donors (Lipinski definition) is 2. The summed E-state index contributed by atoms with van der Waals surface area (Å²) in [7, 11) is -2.30. The smallest absolute Gasteiger partial charge is 0.241 e. The Morgan fingerprint density at radius 2 is 1.80 bits per heavy atom. The molecule has 1 aromatic rings. The summed E-state index contributed by atoms with van der Waals surface area (Å²) in [6.45, 7) is 3.71. The molecule has 0 unspecified atom stereocenters. The van der Waals surface area contributed by atoms with E-state index in [1.165, 1.54) is 7.05 Å². The lowest BCUT2D eigenvalue weighted by molar-refractivity contribution is -0.124. The maximum Gasteiger partial charge on any atom is 0.241 e. The third-order valence-corrected chi connectivity index (χ3v) is 7.53. The Kier molecular flexibility index (Phi) is 5.87. The highest BCUT2D eigenvalue weighted by molar-refractivity contribution is 7.93. The second-order valence-electron chi connectivity index (χ2n) is 6.65. The fourth-order valence-electron chi connectivity index (χ4n) is 3.35. The lowest BCUT2D eigenvalue weighted by Crippen LogP contribution is -2.51. The summed E-state index contributed by atoms with van der Waals surface area (Å²) in [6, 6.07) is 5.27. The van der Waals surface area contributed by atoms with Crippen molar-refractivity contribution in [2.24, 2.45) is 0 Å². The van der Waals surface area contributed by atoms with Gasteiger partial charge in [-0.05, 0) is 43.9 Å². The number of nitrogens with one attached hydrogen (secondary N) is 2. The molecular weight excluding hydrogens is 340 g/mol. The molecule has 0 heterocycles. The lowest BCUT2D eigenvalue weighted by Gasteiger charge is -2.28. The first-order valence-corrected chi connectivity index (χ1v) is 10.0. The van der Waals surface area contributed by atoms with Crippen LogP contribution in [0.15, 0.2) is 23.1 Å². The third kappa shape index (κ3) is 3.71. The van der Waals surface area contributed by atoms with E-state index < -0.39 is 20.5 Å². The van der Waals surface area contributed by atoms with E-state index in [0.29, 0.717) is 31.2 Å². The van der Waals surface area contributed by atoms with E-state index >= 15 is 0 Å². The third-order valence-electron chi connectivity index (χ3n) is 4.89. The highest BCUT2D eigenvalue weighted by atomic mass is 32.2. The van der Waals surface area contributed by atoms with E-state index in [1.54, 1.807) is 19.1 Å². The van der Waals surface area contributed by atoms with E-state index in [1.807, 2.05) is 13.0 Å². The number of carbonyl (C=O) groups excluding carboxylic acids is 2. The molecule has 2 rings (SSSR count). The number of amides is 2. The summed E-state index contributed by atoms with van der Waals surface area (Å²) in [6.07, 6.45) is 2.16. The quantitative estimate of drug-likeness (QED) is 0.800. The zero-order chi connectivity index (χ0) is 18.7. The first-order valence-electron chi connectivity index (χ1n) is 8.55. The van der Waals surface area contributed by atoms with Crippen LogP contribution in [0.1, 0.15) is 43.2 Å². The first kappa shape index (κ1) is 19.4. The Morgan fingerprint density at radius 3 is 2.40 bits per heavy atom. The molecule has 0 radical (unpaired) electrons. The average Bonchev–Trinajstić information content (AvgIpc) is 3.08. The normalized spacial score (nSPS) is 16.4. The second-order valence-corrected chi connectivity index (χ2v) is 8.88. The van der Waals surface area contributed by atoms with Gasteiger partial charge in [-0.1, -0.05) is 25.0 Å². The molecule has 0 aliphatic heterocycles. The number of benzene rings is 1. The van der Waals surface area contributed by atoms with Gasteiger partial charge in [0.05, 0.1) is 4.90 Å². The molecular formula is C18H26N2O4S. The molecule has 1 fully saturated rings. The minimum atomic E-state index is -3.82. The van der Waals surface area contributed by atoms with Crippen molar-refractivity contribution in [3.05, 3.63) is 29.3 Å². The van der Waals surface area contributed by atoms with Crippen LogP contribution in [0.4, 0.5) is 0 Å². The van der Waals surface area contributed by atoms with Crippen molar-refractivity contribution >= 4 is 21.7 Å². The van der Waals surface area contributed by atoms with Gasteiger partial charge in [-0.25, -0.2) is 8.42 Å². The fourth-order valence-corrected chi connectivity index (χ4v) is 5.74. The summed E-state index contributed by atoms with van der Waals surface area (Å²) in [5.74, 6) is -0.687. The fraction of sp³-hybridized carbons (Fsp3) is 0.556. The van der Waals surface area contributed by atoms with Crippen LogP contribution in [0.3, 0.4) is 0 Å². The van der Waals surface area contributed by atoms with Gasteiger partial charge in [-0.15, -0.1) is 0 Å². The predicted octanol–water partition coefficient (Wildman–Crippen LogP) is 1.64. The van der Waals surface area contributed by atoms with Crippen molar-refractivity contribution in [1.82, 2.24) is 10.6 Å². The molecule has 25 heavy (non-hydrogen) atoms. The molecule has 0 spiro atoms. The van der Waals surface area contributed by atoms with Gasteiger partial charge >= 0.3 is 0 Å². The maximum atomic E-state index is 13.4. The highest BCUT2D eigenvalue weighted by Gasteiger charge is 2.53. The van der Waals surface area contributed by atoms with Crippen LogP contribution in [0, 0.1) is 13.8 Å². The van der Waals surface area contributed by atoms with Crippen molar-refractivity contribution < 1.29 is 18.0 Å². The highest BCUT2D eigenvalue weighted by Crippen LogP contribution is 2.41. The Labute approximate surface area is 149 Å². The number of aryl methyl sites for hydroxylation is 2. The predicted molar refractivity (Wildman–Crippen MR) is 96.0 cm³/mol.